The van der Waals surface area contributed by atoms with E-state index in [0.717, 1.165) is 0 Å². The molecule has 1 aliphatic rings. The second-order valence-electron chi connectivity index (χ2n) is 3.42. The van der Waals surface area contributed by atoms with Crippen molar-refractivity contribution < 1.29 is 14.3 Å². The van der Waals surface area contributed by atoms with E-state index in [1.54, 1.807) is 6.07 Å². The number of carbonyl (C=O) groups excluding carboxylic acids is 1. The zero-order chi connectivity index (χ0) is 11.4. The van der Waals surface area contributed by atoms with Crippen LogP contribution in [-0.4, -0.2) is 25.7 Å². The maximum atomic E-state index is 11.4. The van der Waals surface area contributed by atoms with Crippen molar-refractivity contribution in [1.82, 2.24) is 0 Å². The molecular formula is C11H14N2O3. The van der Waals surface area contributed by atoms with Gasteiger partial charge in [-0.25, -0.2) is 0 Å². The highest BCUT2D eigenvalue weighted by Gasteiger charge is 2.16. The average Bonchev–Trinajstić information content (AvgIpc) is 2.30. The third-order valence-corrected chi connectivity index (χ3v) is 2.21. The van der Waals surface area contributed by atoms with Gasteiger partial charge < -0.3 is 20.5 Å². The molecular weight excluding hydrogens is 208 g/mol. The summed E-state index contributed by atoms with van der Waals surface area (Å²) in [5.41, 5.74) is 5.94. The van der Waals surface area contributed by atoms with E-state index in [4.69, 9.17) is 15.2 Å². The maximum absolute atomic E-state index is 11.4. The summed E-state index contributed by atoms with van der Waals surface area (Å²) in [6.45, 7) is 1.36. The predicted molar refractivity (Wildman–Crippen MR) is 59.7 cm³/mol. The van der Waals surface area contributed by atoms with Crippen LogP contribution in [0.1, 0.15) is 6.42 Å². The van der Waals surface area contributed by atoms with E-state index in [2.05, 4.69) is 5.32 Å². The van der Waals surface area contributed by atoms with Crippen LogP contribution in [0.15, 0.2) is 18.2 Å². The molecule has 1 amide bonds. The molecule has 0 spiro atoms. The standard InChI is InChI=1S/C11H14N2O3/c12-5-4-10(14)13-8-2-1-3-9-11(8)16-7-6-15-9/h1-3H,4-7,12H2,(H,13,14). The number of nitrogens with one attached hydrogen (secondary N) is 1. The minimum absolute atomic E-state index is 0.120. The summed E-state index contributed by atoms with van der Waals surface area (Å²) in [5.74, 6) is 1.14. The summed E-state index contributed by atoms with van der Waals surface area (Å²) in [4.78, 5) is 11.4. The van der Waals surface area contributed by atoms with E-state index in [-0.39, 0.29) is 5.91 Å². The first-order chi connectivity index (χ1) is 7.81. The van der Waals surface area contributed by atoms with E-state index in [9.17, 15) is 4.79 Å². The summed E-state index contributed by atoms with van der Waals surface area (Å²) in [5, 5.41) is 2.75. The lowest BCUT2D eigenvalue weighted by molar-refractivity contribution is -0.116. The quantitative estimate of drug-likeness (QED) is 0.791. The van der Waals surface area contributed by atoms with E-state index >= 15 is 0 Å². The maximum Gasteiger partial charge on any atom is 0.225 e. The zero-order valence-electron chi connectivity index (χ0n) is 8.86. The van der Waals surface area contributed by atoms with Crippen molar-refractivity contribution in [1.29, 1.82) is 0 Å². The first-order valence-electron chi connectivity index (χ1n) is 5.20. The number of carbonyl (C=O) groups is 1. The van der Waals surface area contributed by atoms with Gasteiger partial charge in [-0.05, 0) is 12.1 Å². The Kier molecular flexibility index (Phi) is 3.26. The van der Waals surface area contributed by atoms with Gasteiger partial charge in [0.15, 0.2) is 11.5 Å². The number of benzene rings is 1. The molecule has 0 saturated carbocycles. The molecule has 86 valence electrons. The molecule has 0 radical (unpaired) electrons. The highest BCUT2D eigenvalue weighted by Crippen LogP contribution is 2.37. The topological polar surface area (TPSA) is 73.6 Å². The second-order valence-corrected chi connectivity index (χ2v) is 3.42. The van der Waals surface area contributed by atoms with E-state index in [1.165, 1.54) is 0 Å². The van der Waals surface area contributed by atoms with Crippen molar-refractivity contribution in [2.45, 2.75) is 6.42 Å². The Balaban J connectivity index is 2.17. The number of nitrogens with two attached hydrogens (primary N) is 1. The van der Waals surface area contributed by atoms with Crippen LogP contribution in [0, 0.1) is 0 Å². The fourth-order valence-electron chi connectivity index (χ4n) is 1.52. The lowest BCUT2D eigenvalue weighted by atomic mass is 10.2. The monoisotopic (exact) mass is 222 g/mol. The first kappa shape index (κ1) is 10.8. The molecule has 1 aromatic carbocycles. The van der Waals surface area contributed by atoms with Crippen LogP contribution < -0.4 is 20.5 Å². The second kappa shape index (κ2) is 4.85. The van der Waals surface area contributed by atoms with Gasteiger partial charge in [-0.3, -0.25) is 4.79 Å². The number of amides is 1. The first-order valence-corrected chi connectivity index (χ1v) is 5.20. The van der Waals surface area contributed by atoms with Crippen molar-refractivity contribution >= 4 is 11.6 Å². The molecule has 1 aliphatic heterocycles. The summed E-state index contributed by atoms with van der Waals surface area (Å²) < 4.78 is 10.9. The number of hydrogen-bond acceptors (Lipinski definition) is 4. The Morgan fingerprint density at radius 2 is 2.19 bits per heavy atom. The van der Waals surface area contributed by atoms with Crippen LogP contribution in [0.5, 0.6) is 11.5 Å². The van der Waals surface area contributed by atoms with Crippen molar-refractivity contribution in [3.8, 4) is 11.5 Å². The lowest BCUT2D eigenvalue weighted by Crippen LogP contribution is -2.20. The van der Waals surface area contributed by atoms with E-state index in [1.807, 2.05) is 12.1 Å². The van der Waals surface area contributed by atoms with Crippen molar-refractivity contribution in [3.05, 3.63) is 18.2 Å². The number of fused-ring (bicyclic) bond motifs is 1. The highest BCUT2D eigenvalue weighted by molar-refractivity contribution is 5.93. The molecule has 16 heavy (non-hydrogen) atoms. The van der Waals surface area contributed by atoms with Crippen molar-refractivity contribution in [2.24, 2.45) is 5.73 Å². The number of rotatable bonds is 3. The van der Waals surface area contributed by atoms with Crippen LogP contribution in [0.25, 0.3) is 0 Å². The van der Waals surface area contributed by atoms with Crippen LogP contribution in [-0.2, 0) is 4.79 Å². The molecule has 0 atom stereocenters. The smallest absolute Gasteiger partial charge is 0.225 e. The van der Waals surface area contributed by atoms with Gasteiger partial charge in [0, 0.05) is 13.0 Å². The molecule has 0 bridgehead atoms. The van der Waals surface area contributed by atoms with Crippen molar-refractivity contribution in [3.63, 3.8) is 0 Å². The highest BCUT2D eigenvalue weighted by atomic mass is 16.6. The van der Waals surface area contributed by atoms with Gasteiger partial charge in [0.25, 0.3) is 0 Å². The Morgan fingerprint density at radius 3 is 3.00 bits per heavy atom. The van der Waals surface area contributed by atoms with Gasteiger partial charge >= 0.3 is 0 Å². The largest absolute Gasteiger partial charge is 0.486 e. The molecule has 2 rings (SSSR count). The molecule has 0 aliphatic carbocycles. The third kappa shape index (κ3) is 2.25. The van der Waals surface area contributed by atoms with Crippen LogP contribution in [0.4, 0.5) is 5.69 Å². The summed E-state index contributed by atoms with van der Waals surface area (Å²) in [6, 6.07) is 5.40. The molecule has 5 heteroatoms. The van der Waals surface area contributed by atoms with Gasteiger partial charge in [-0.2, -0.15) is 0 Å². The fraction of sp³-hybridized carbons (Fsp3) is 0.364. The molecule has 0 fully saturated rings. The Hall–Kier alpha value is -1.75. The fourth-order valence-corrected chi connectivity index (χ4v) is 1.52. The normalized spacial score (nSPS) is 13.3. The number of anilines is 1. The predicted octanol–water partition coefficient (Wildman–Crippen LogP) is 0.745. The summed E-state index contributed by atoms with van der Waals surface area (Å²) in [6.07, 6.45) is 0.296. The van der Waals surface area contributed by atoms with Gasteiger partial charge in [0.1, 0.15) is 13.2 Å². The minimum atomic E-state index is -0.120. The Morgan fingerprint density at radius 1 is 1.38 bits per heavy atom. The molecule has 0 saturated heterocycles. The number of hydrogen-bond donors (Lipinski definition) is 2. The van der Waals surface area contributed by atoms with Gasteiger partial charge in [-0.1, -0.05) is 6.07 Å². The summed E-state index contributed by atoms with van der Waals surface area (Å²) in [7, 11) is 0. The Bertz CT molecular complexity index is 393. The minimum Gasteiger partial charge on any atom is -0.486 e. The molecule has 0 unspecified atom stereocenters. The Labute approximate surface area is 93.5 Å². The molecule has 5 nitrogen and oxygen atoms in total. The van der Waals surface area contributed by atoms with Gasteiger partial charge in [0.2, 0.25) is 5.91 Å². The van der Waals surface area contributed by atoms with E-state index in [0.29, 0.717) is 43.4 Å². The average molecular weight is 222 g/mol. The van der Waals surface area contributed by atoms with Crippen molar-refractivity contribution in [2.75, 3.05) is 25.1 Å². The van der Waals surface area contributed by atoms with Crippen LogP contribution >= 0.6 is 0 Å². The third-order valence-electron chi connectivity index (χ3n) is 2.21. The lowest BCUT2D eigenvalue weighted by Gasteiger charge is -2.20. The molecule has 0 aromatic heterocycles. The molecule has 1 heterocycles. The van der Waals surface area contributed by atoms with Crippen LogP contribution in [0.3, 0.4) is 0 Å². The van der Waals surface area contributed by atoms with Gasteiger partial charge in [-0.15, -0.1) is 0 Å². The number of para-hydroxylation sites is 1. The zero-order valence-corrected chi connectivity index (χ0v) is 8.86. The van der Waals surface area contributed by atoms with E-state index < -0.39 is 0 Å². The summed E-state index contributed by atoms with van der Waals surface area (Å²) >= 11 is 0. The van der Waals surface area contributed by atoms with Crippen LogP contribution in [0.2, 0.25) is 0 Å². The van der Waals surface area contributed by atoms with Gasteiger partial charge in [0.05, 0.1) is 5.69 Å². The molecule has 1 aromatic rings. The molecule has 3 N–H and O–H groups in total. The SMILES string of the molecule is NCCC(=O)Nc1cccc2c1OCCO2. The number of ether oxygens (including phenoxy) is 2.